The van der Waals surface area contributed by atoms with E-state index in [-0.39, 0.29) is 12.2 Å². The molecule has 2 amide bonds. The molecule has 0 atom stereocenters. The zero-order chi connectivity index (χ0) is 21.3. The number of halogens is 1. The van der Waals surface area contributed by atoms with Crippen LogP contribution in [0.3, 0.4) is 0 Å². The molecule has 0 aliphatic carbocycles. The van der Waals surface area contributed by atoms with E-state index in [0.717, 1.165) is 16.4 Å². The van der Waals surface area contributed by atoms with Crippen LogP contribution in [0.2, 0.25) is 0 Å². The first-order valence-corrected chi connectivity index (χ1v) is 9.76. The van der Waals surface area contributed by atoms with Gasteiger partial charge in [-0.25, -0.2) is 19.2 Å². The Labute approximate surface area is 173 Å². The van der Waals surface area contributed by atoms with Crippen LogP contribution in [-0.4, -0.2) is 20.6 Å². The number of rotatable bonds is 5. The highest BCUT2D eigenvalue weighted by Gasteiger charge is 2.18. The Hall–Kier alpha value is -3.68. The fourth-order valence-electron chi connectivity index (χ4n) is 3.49. The molecule has 8 heteroatoms. The van der Waals surface area contributed by atoms with Gasteiger partial charge in [-0.3, -0.25) is 0 Å². The Morgan fingerprint density at radius 1 is 1.13 bits per heavy atom. The summed E-state index contributed by atoms with van der Waals surface area (Å²) in [6, 6.07) is 13.3. The average molecular weight is 406 g/mol. The van der Waals surface area contributed by atoms with Crippen molar-refractivity contribution in [2.24, 2.45) is 5.92 Å². The third-order valence-corrected chi connectivity index (χ3v) is 4.77. The molecule has 0 spiro atoms. The van der Waals surface area contributed by atoms with E-state index in [4.69, 9.17) is 5.73 Å². The summed E-state index contributed by atoms with van der Waals surface area (Å²) < 4.78 is 15.8. The van der Waals surface area contributed by atoms with Gasteiger partial charge in [-0.1, -0.05) is 44.2 Å². The second kappa shape index (κ2) is 7.98. The number of anilines is 2. The third kappa shape index (κ3) is 3.76. The van der Waals surface area contributed by atoms with Gasteiger partial charge in [0.15, 0.2) is 5.82 Å². The van der Waals surface area contributed by atoms with Crippen LogP contribution in [0, 0.1) is 11.7 Å². The maximum Gasteiger partial charge on any atom is 0.319 e. The van der Waals surface area contributed by atoms with Gasteiger partial charge >= 0.3 is 6.03 Å². The minimum Gasteiger partial charge on any atom is -0.382 e. The molecule has 0 bridgehead atoms. The van der Waals surface area contributed by atoms with Gasteiger partial charge in [-0.2, -0.15) is 0 Å². The molecule has 0 radical (unpaired) electrons. The van der Waals surface area contributed by atoms with Crippen molar-refractivity contribution in [2.45, 2.75) is 26.9 Å². The number of nitrogens with one attached hydrogen (secondary N) is 2. The quantitative estimate of drug-likeness (QED) is 0.461. The number of pyridine rings is 1. The summed E-state index contributed by atoms with van der Waals surface area (Å²) in [6.07, 6.45) is 0. The second-order valence-corrected chi connectivity index (χ2v) is 7.53. The van der Waals surface area contributed by atoms with Gasteiger partial charge in [0.1, 0.15) is 17.2 Å². The van der Waals surface area contributed by atoms with Crippen molar-refractivity contribution >= 4 is 39.5 Å². The first-order chi connectivity index (χ1) is 14.4. The Morgan fingerprint density at radius 2 is 1.87 bits per heavy atom. The van der Waals surface area contributed by atoms with Gasteiger partial charge in [0.25, 0.3) is 0 Å². The summed E-state index contributed by atoms with van der Waals surface area (Å²) in [5.74, 6) is 0.863. The molecule has 2 aromatic heterocycles. The monoisotopic (exact) mass is 406 g/mol. The van der Waals surface area contributed by atoms with Gasteiger partial charge in [0, 0.05) is 11.9 Å². The SMILES string of the molecule is CC(C)Cn1c(CNC(=O)Nc2ccccc2F)nc2c(N)nc3ccccc3c21. The number of fused-ring (bicyclic) bond motifs is 3. The molecule has 154 valence electrons. The van der Waals surface area contributed by atoms with Gasteiger partial charge in [0.05, 0.1) is 23.3 Å². The number of carbonyl (C=O) groups excluding carboxylic acids is 1. The predicted molar refractivity (Wildman–Crippen MR) is 117 cm³/mol. The van der Waals surface area contributed by atoms with Gasteiger partial charge in [0.2, 0.25) is 0 Å². The normalized spacial score (nSPS) is 11.3. The molecule has 2 heterocycles. The number of imidazole rings is 1. The Balaban J connectivity index is 1.68. The van der Waals surface area contributed by atoms with Crippen LogP contribution in [0.1, 0.15) is 19.7 Å². The van der Waals surface area contributed by atoms with Crippen molar-refractivity contribution < 1.29 is 9.18 Å². The van der Waals surface area contributed by atoms with E-state index in [1.165, 1.54) is 12.1 Å². The van der Waals surface area contributed by atoms with E-state index < -0.39 is 11.8 Å². The van der Waals surface area contributed by atoms with Crippen molar-refractivity contribution in [3.63, 3.8) is 0 Å². The fourth-order valence-corrected chi connectivity index (χ4v) is 3.49. The number of benzene rings is 2. The Kier molecular flexibility index (Phi) is 5.22. The molecule has 4 rings (SSSR count). The second-order valence-electron chi connectivity index (χ2n) is 7.53. The highest BCUT2D eigenvalue weighted by atomic mass is 19.1. The van der Waals surface area contributed by atoms with Crippen LogP contribution in [0.4, 0.5) is 20.7 Å². The molecule has 0 saturated heterocycles. The summed E-state index contributed by atoms with van der Waals surface area (Å²) >= 11 is 0. The number of para-hydroxylation sites is 2. The lowest BCUT2D eigenvalue weighted by Gasteiger charge is -2.14. The number of hydrogen-bond donors (Lipinski definition) is 3. The molecule has 4 aromatic rings. The third-order valence-electron chi connectivity index (χ3n) is 4.77. The summed E-state index contributed by atoms with van der Waals surface area (Å²) in [5, 5.41) is 6.23. The molecule has 0 fully saturated rings. The van der Waals surface area contributed by atoms with E-state index in [9.17, 15) is 9.18 Å². The van der Waals surface area contributed by atoms with Crippen LogP contribution < -0.4 is 16.4 Å². The molecule has 7 nitrogen and oxygen atoms in total. The van der Waals surface area contributed by atoms with Crippen LogP contribution in [0.15, 0.2) is 48.5 Å². The lowest BCUT2D eigenvalue weighted by Crippen LogP contribution is -2.30. The van der Waals surface area contributed by atoms with Gasteiger partial charge in [-0.05, 0) is 24.1 Å². The largest absolute Gasteiger partial charge is 0.382 e. The number of amides is 2. The lowest BCUT2D eigenvalue weighted by atomic mass is 10.1. The molecule has 0 aliphatic heterocycles. The minimum absolute atomic E-state index is 0.116. The first-order valence-electron chi connectivity index (χ1n) is 9.76. The highest BCUT2D eigenvalue weighted by molar-refractivity contribution is 6.06. The number of carbonyl (C=O) groups is 1. The van der Waals surface area contributed by atoms with Crippen molar-refractivity contribution in [1.29, 1.82) is 0 Å². The Morgan fingerprint density at radius 3 is 2.63 bits per heavy atom. The summed E-state index contributed by atoms with van der Waals surface area (Å²) in [6.45, 7) is 5.09. The van der Waals surface area contributed by atoms with Crippen LogP contribution in [-0.2, 0) is 13.1 Å². The van der Waals surface area contributed by atoms with E-state index in [2.05, 4.69) is 39.0 Å². The average Bonchev–Trinajstić information content (AvgIpc) is 3.07. The van der Waals surface area contributed by atoms with Gasteiger partial charge < -0.3 is 20.9 Å². The van der Waals surface area contributed by atoms with Crippen molar-refractivity contribution in [2.75, 3.05) is 11.1 Å². The molecule has 30 heavy (non-hydrogen) atoms. The van der Waals surface area contributed by atoms with Crippen molar-refractivity contribution in [3.8, 4) is 0 Å². The number of nitrogens with zero attached hydrogens (tertiary/aromatic N) is 3. The maximum atomic E-state index is 13.8. The number of urea groups is 1. The van der Waals surface area contributed by atoms with E-state index >= 15 is 0 Å². The molecule has 2 aromatic carbocycles. The van der Waals surface area contributed by atoms with Crippen molar-refractivity contribution in [1.82, 2.24) is 19.9 Å². The molecule has 0 unspecified atom stereocenters. The topological polar surface area (TPSA) is 97.9 Å². The Bertz CT molecular complexity index is 1230. The maximum absolute atomic E-state index is 13.8. The van der Waals surface area contributed by atoms with Crippen LogP contribution in [0.25, 0.3) is 21.9 Å². The molecular formula is C22H23FN6O. The highest BCUT2D eigenvalue weighted by Crippen LogP contribution is 2.29. The smallest absolute Gasteiger partial charge is 0.319 e. The fraction of sp³-hybridized carbons (Fsp3) is 0.227. The number of hydrogen-bond acceptors (Lipinski definition) is 4. The van der Waals surface area contributed by atoms with E-state index in [0.29, 0.717) is 29.6 Å². The molecule has 0 saturated carbocycles. The van der Waals surface area contributed by atoms with E-state index in [1.54, 1.807) is 12.1 Å². The summed E-state index contributed by atoms with van der Waals surface area (Å²) in [4.78, 5) is 21.4. The first kappa shape index (κ1) is 19.6. The number of nitrogens with two attached hydrogens (primary N) is 1. The minimum atomic E-state index is -0.515. The predicted octanol–water partition coefficient (Wildman–Crippen LogP) is 4.28. The molecule has 4 N–H and O–H groups in total. The lowest BCUT2D eigenvalue weighted by molar-refractivity contribution is 0.251. The number of aromatic nitrogens is 3. The van der Waals surface area contributed by atoms with Crippen molar-refractivity contribution in [3.05, 3.63) is 60.2 Å². The summed E-state index contributed by atoms with van der Waals surface area (Å²) in [7, 11) is 0. The zero-order valence-corrected chi connectivity index (χ0v) is 16.8. The zero-order valence-electron chi connectivity index (χ0n) is 16.8. The van der Waals surface area contributed by atoms with Crippen LogP contribution >= 0.6 is 0 Å². The van der Waals surface area contributed by atoms with Gasteiger partial charge in [-0.15, -0.1) is 0 Å². The number of nitrogen functional groups attached to an aromatic ring is 1. The molecular weight excluding hydrogens is 383 g/mol. The summed E-state index contributed by atoms with van der Waals surface area (Å²) in [5.41, 5.74) is 8.61. The standard InChI is InChI=1S/C22H23FN6O/c1-13(2)12-29-18(11-25-22(30)27-17-10-6-4-8-15(17)23)28-19-20(29)14-7-3-5-9-16(14)26-21(19)24/h3-10,13H,11-12H2,1-2H3,(H2,24,26)(H2,25,27,30). The molecule has 0 aliphatic rings. The van der Waals surface area contributed by atoms with E-state index in [1.807, 2.05) is 24.3 Å². The van der Waals surface area contributed by atoms with Crippen LogP contribution in [0.5, 0.6) is 0 Å².